The molecule has 16 heavy (non-hydrogen) atoms. The van der Waals surface area contributed by atoms with E-state index in [1.807, 2.05) is 18.2 Å². The molecule has 0 saturated carbocycles. The Labute approximate surface area is 111 Å². The van der Waals surface area contributed by atoms with Gasteiger partial charge in [0.15, 0.2) is 0 Å². The summed E-state index contributed by atoms with van der Waals surface area (Å²) in [5.74, 6) is 0. The van der Waals surface area contributed by atoms with Gasteiger partial charge < -0.3 is 5.32 Å². The largest absolute Gasteiger partial charge is 0.311 e. The summed E-state index contributed by atoms with van der Waals surface area (Å²) in [6, 6.07) is 6.38. The van der Waals surface area contributed by atoms with Crippen LogP contribution in [0.2, 0.25) is 5.02 Å². The Kier molecular flexibility index (Phi) is 5.53. The number of hydrogen-bond acceptors (Lipinski definition) is 1. The van der Waals surface area contributed by atoms with Crippen molar-refractivity contribution < 1.29 is 0 Å². The van der Waals surface area contributed by atoms with Crippen LogP contribution in [0.1, 0.15) is 26.3 Å². The summed E-state index contributed by atoms with van der Waals surface area (Å²) in [5, 5.41) is 4.16. The van der Waals surface area contributed by atoms with Crippen LogP contribution in [0.4, 0.5) is 0 Å². The SMILES string of the molecule is C/C(=C\c1cc(Br)ccc1Cl)CNC(C)C. The average Bonchev–Trinajstić information content (AvgIpc) is 2.20. The summed E-state index contributed by atoms with van der Waals surface area (Å²) < 4.78 is 1.05. The summed E-state index contributed by atoms with van der Waals surface area (Å²) in [7, 11) is 0. The number of hydrogen-bond donors (Lipinski definition) is 1. The molecule has 0 heterocycles. The van der Waals surface area contributed by atoms with Crippen LogP contribution in [0.3, 0.4) is 0 Å². The van der Waals surface area contributed by atoms with Crippen LogP contribution < -0.4 is 5.32 Å². The van der Waals surface area contributed by atoms with Gasteiger partial charge in [0, 0.05) is 22.1 Å². The van der Waals surface area contributed by atoms with Gasteiger partial charge in [-0.15, -0.1) is 0 Å². The molecule has 1 rings (SSSR count). The molecule has 0 fully saturated rings. The first-order valence-electron chi connectivity index (χ1n) is 5.34. The molecule has 0 unspecified atom stereocenters. The molecular formula is C13H17BrClN. The Hall–Kier alpha value is -0.310. The highest BCUT2D eigenvalue weighted by atomic mass is 79.9. The van der Waals surface area contributed by atoms with Crippen LogP contribution in [0.5, 0.6) is 0 Å². The maximum Gasteiger partial charge on any atom is 0.0479 e. The summed E-state index contributed by atoms with van der Waals surface area (Å²) in [6.45, 7) is 7.27. The number of benzene rings is 1. The van der Waals surface area contributed by atoms with E-state index in [2.05, 4.69) is 48.1 Å². The second kappa shape index (κ2) is 6.43. The Morgan fingerprint density at radius 3 is 2.81 bits per heavy atom. The van der Waals surface area contributed by atoms with Crippen molar-refractivity contribution in [1.82, 2.24) is 5.32 Å². The van der Waals surface area contributed by atoms with Gasteiger partial charge in [0.25, 0.3) is 0 Å². The average molecular weight is 303 g/mol. The summed E-state index contributed by atoms with van der Waals surface area (Å²) >= 11 is 9.56. The van der Waals surface area contributed by atoms with Crippen molar-refractivity contribution >= 4 is 33.6 Å². The molecule has 3 heteroatoms. The number of rotatable bonds is 4. The highest BCUT2D eigenvalue weighted by Crippen LogP contribution is 2.23. The molecule has 1 aromatic carbocycles. The molecule has 0 aliphatic heterocycles. The van der Waals surface area contributed by atoms with Gasteiger partial charge in [-0.25, -0.2) is 0 Å². The topological polar surface area (TPSA) is 12.0 Å². The monoisotopic (exact) mass is 301 g/mol. The Balaban J connectivity index is 2.77. The molecule has 0 radical (unpaired) electrons. The lowest BCUT2D eigenvalue weighted by atomic mass is 10.1. The zero-order valence-electron chi connectivity index (χ0n) is 9.85. The predicted molar refractivity (Wildman–Crippen MR) is 75.9 cm³/mol. The molecule has 0 bridgehead atoms. The number of halogens is 2. The summed E-state index contributed by atoms with van der Waals surface area (Å²) in [6.07, 6.45) is 2.11. The second-order valence-corrected chi connectivity index (χ2v) is 5.52. The summed E-state index contributed by atoms with van der Waals surface area (Å²) in [5.41, 5.74) is 2.33. The van der Waals surface area contributed by atoms with E-state index in [0.717, 1.165) is 21.6 Å². The van der Waals surface area contributed by atoms with E-state index in [9.17, 15) is 0 Å². The predicted octanol–water partition coefficient (Wildman–Crippen LogP) is 4.50. The molecule has 0 atom stereocenters. The van der Waals surface area contributed by atoms with Crippen LogP contribution in [0, 0.1) is 0 Å². The third-order valence-electron chi connectivity index (χ3n) is 2.15. The normalized spacial score (nSPS) is 12.2. The van der Waals surface area contributed by atoms with Crippen LogP contribution in [-0.2, 0) is 0 Å². The minimum Gasteiger partial charge on any atom is -0.311 e. The molecule has 1 nitrogen and oxygen atoms in total. The minimum atomic E-state index is 0.501. The van der Waals surface area contributed by atoms with Gasteiger partial charge in [-0.2, -0.15) is 0 Å². The van der Waals surface area contributed by atoms with E-state index in [4.69, 9.17) is 11.6 Å². The van der Waals surface area contributed by atoms with Crippen LogP contribution in [-0.4, -0.2) is 12.6 Å². The molecule has 0 aromatic heterocycles. The van der Waals surface area contributed by atoms with Crippen LogP contribution in [0.25, 0.3) is 6.08 Å². The highest BCUT2D eigenvalue weighted by Gasteiger charge is 1.99. The van der Waals surface area contributed by atoms with Gasteiger partial charge >= 0.3 is 0 Å². The quantitative estimate of drug-likeness (QED) is 0.863. The highest BCUT2D eigenvalue weighted by molar-refractivity contribution is 9.10. The van der Waals surface area contributed by atoms with E-state index in [-0.39, 0.29) is 0 Å². The van der Waals surface area contributed by atoms with Gasteiger partial charge in [0.1, 0.15) is 0 Å². The van der Waals surface area contributed by atoms with Crippen molar-refractivity contribution in [3.05, 3.63) is 38.8 Å². The van der Waals surface area contributed by atoms with Gasteiger partial charge in [0.05, 0.1) is 0 Å². The van der Waals surface area contributed by atoms with Crippen molar-refractivity contribution in [2.24, 2.45) is 0 Å². The van der Waals surface area contributed by atoms with Crippen molar-refractivity contribution in [2.45, 2.75) is 26.8 Å². The Morgan fingerprint density at radius 1 is 1.50 bits per heavy atom. The van der Waals surface area contributed by atoms with Crippen LogP contribution in [0.15, 0.2) is 28.2 Å². The van der Waals surface area contributed by atoms with Crippen LogP contribution >= 0.6 is 27.5 Å². The molecule has 0 saturated heterocycles. The van der Waals surface area contributed by atoms with Crippen molar-refractivity contribution in [1.29, 1.82) is 0 Å². The lowest BCUT2D eigenvalue weighted by molar-refractivity contribution is 0.623. The van der Waals surface area contributed by atoms with Gasteiger partial charge in [0.2, 0.25) is 0 Å². The first-order chi connectivity index (χ1) is 7.49. The fraction of sp³-hybridized carbons (Fsp3) is 0.385. The van der Waals surface area contributed by atoms with E-state index in [0.29, 0.717) is 6.04 Å². The molecular weight excluding hydrogens is 286 g/mol. The third kappa shape index (κ3) is 4.69. The summed E-state index contributed by atoms with van der Waals surface area (Å²) in [4.78, 5) is 0. The molecule has 0 spiro atoms. The molecule has 1 aromatic rings. The molecule has 0 aliphatic carbocycles. The molecule has 0 aliphatic rings. The zero-order valence-corrected chi connectivity index (χ0v) is 12.2. The Morgan fingerprint density at radius 2 is 2.19 bits per heavy atom. The standard InChI is InChI=1S/C13H17BrClN/c1-9(2)16-8-10(3)6-11-7-12(14)4-5-13(11)15/h4-7,9,16H,8H2,1-3H3/b10-6+. The lowest BCUT2D eigenvalue weighted by Crippen LogP contribution is -2.24. The van der Waals surface area contributed by atoms with Crippen molar-refractivity contribution in [3.8, 4) is 0 Å². The van der Waals surface area contributed by atoms with Crippen molar-refractivity contribution in [2.75, 3.05) is 6.54 Å². The van der Waals surface area contributed by atoms with Gasteiger partial charge in [-0.1, -0.05) is 53.0 Å². The molecule has 1 N–H and O–H groups in total. The maximum absolute atomic E-state index is 6.12. The number of nitrogens with one attached hydrogen (secondary N) is 1. The maximum atomic E-state index is 6.12. The zero-order chi connectivity index (χ0) is 12.1. The van der Waals surface area contributed by atoms with E-state index in [1.165, 1.54) is 5.57 Å². The second-order valence-electron chi connectivity index (χ2n) is 4.19. The van der Waals surface area contributed by atoms with E-state index < -0.39 is 0 Å². The smallest absolute Gasteiger partial charge is 0.0479 e. The fourth-order valence-corrected chi connectivity index (χ4v) is 1.86. The Bertz CT molecular complexity index is 386. The van der Waals surface area contributed by atoms with Gasteiger partial charge in [-0.3, -0.25) is 0 Å². The van der Waals surface area contributed by atoms with E-state index in [1.54, 1.807) is 0 Å². The first kappa shape index (κ1) is 13.8. The lowest BCUT2D eigenvalue weighted by Gasteiger charge is -2.08. The molecule has 0 amide bonds. The molecule has 88 valence electrons. The fourth-order valence-electron chi connectivity index (χ4n) is 1.31. The first-order valence-corrected chi connectivity index (χ1v) is 6.51. The van der Waals surface area contributed by atoms with E-state index >= 15 is 0 Å². The minimum absolute atomic E-state index is 0.501. The van der Waals surface area contributed by atoms with Gasteiger partial charge in [-0.05, 0) is 30.7 Å². The third-order valence-corrected chi connectivity index (χ3v) is 2.99. The van der Waals surface area contributed by atoms with Crippen molar-refractivity contribution in [3.63, 3.8) is 0 Å².